The fourth-order valence-corrected chi connectivity index (χ4v) is 16.1. The van der Waals surface area contributed by atoms with Crippen LogP contribution in [-0.2, 0) is 28.8 Å². The maximum absolute atomic E-state index is 17.1. The third-order valence-electron chi connectivity index (χ3n) is 9.97. The topological polar surface area (TPSA) is 128 Å². The van der Waals surface area contributed by atoms with Gasteiger partial charge in [-0.3, -0.25) is 0 Å². The largest absolute Gasteiger partial charge is 0.308 e. The molecule has 0 atom stereocenters. The summed E-state index contributed by atoms with van der Waals surface area (Å²) in [7, 11) is -20.5. The highest BCUT2D eigenvalue weighted by Crippen LogP contribution is 2.54. The van der Waals surface area contributed by atoms with E-state index in [4.69, 9.17) is 0 Å². The number of benzene rings is 6. The minimum atomic E-state index is -5.51. The van der Waals surface area contributed by atoms with Crippen molar-refractivity contribution in [2.45, 2.75) is 19.8 Å². The Morgan fingerprint density at radius 1 is 0.379 bits per heavy atom. The molecule has 0 bridgehead atoms. The maximum Gasteiger partial charge on any atom is 0.229 e. The first-order valence-corrected chi connectivity index (χ1v) is 23.2. The smallest absolute Gasteiger partial charge is 0.229 e. The van der Waals surface area contributed by atoms with Gasteiger partial charge in [-0.05, 0) is 0 Å². The van der Waals surface area contributed by atoms with Gasteiger partial charge in [0.05, 0.1) is 21.7 Å². The van der Waals surface area contributed by atoms with Crippen LogP contribution < -0.4 is 31.8 Å². The van der Waals surface area contributed by atoms with Crippen LogP contribution in [0.15, 0.2) is 141 Å². The Balaban J connectivity index is 1.35. The molecule has 290 valence electrons. The van der Waals surface area contributed by atoms with Crippen molar-refractivity contribution in [3.63, 3.8) is 0 Å². The Morgan fingerprint density at radius 2 is 0.638 bits per heavy atom. The van der Waals surface area contributed by atoms with Crippen LogP contribution in [0.4, 0.5) is 26.3 Å². The normalized spacial score (nSPS) is 14.7. The molecule has 0 fully saturated rings. The van der Waals surface area contributed by atoms with E-state index in [0.717, 1.165) is 0 Å². The van der Waals surface area contributed by atoms with Crippen LogP contribution in [-0.4, -0.2) is 26.8 Å². The molecule has 0 saturated carbocycles. The van der Waals surface area contributed by atoms with Gasteiger partial charge in [0.25, 0.3) is 0 Å². The second-order valence-corrected chi connectivity index (χ2v) is 22.1. The molecule has 2 aliphatic heterocycles. The summed E-state index contributed by atoms with van der Waals surface area (Å²) in [6.07, 6.45) is 0. The van der Waals surface area contributed by atoms with Gasteiger partial charge in [-0.2, -0.15) is 0 Å². The Morgan fingerprint density at radius 3 is 0.897 bits per heavy atom. The van der Waals surface area contributed by atoms with Gasteiger partial charge in [-0.1, -0.05) is 121 Å². The number of hydrogen-bond donors (Lipinski definition) is 0. The number of fused-ring (bicyclic) bond motifs is 6. The van der Waals surface area contributed by atoms with Crippen molar-refractivity contribution >= 4 is 65.8 Å². The van der Waals surface area contributed by atoms with Crippen LogP contribution in [0.3, 0.4) is 0 Å². The predicted octanol–water partition coefficient (Wildman–Crippen LogP) is 6.22. The third-order valence-corrected chi connectivity index (χ3v) is 19.5. The van der Waals surface area contributed by atoms with Crippen molar-refractivity contribution in [1.29, 1.82) is 0 Å². The Hall–Kier alpha value is -5.66. The van der Waals surface area contributed by atoms with E-state index < -0.39 is 122 Å². The summed E-state index contributed by atoms with van der Waals surface area (Å²) in [5.41, 5.74) is -5.11. The summed E-state index contributed by atoms with van der Waals surface area (Å²) >= 11 is 0. The Labute approximate surface area is 325 Å². The molecule has 0 amide bonds. The SMILES string of the molecule is O=P(c1ccccc1)(c1ccccc1)c1c(F)c(F)c2c(c1F)-c1nc3c(nc1S2(=O)=O)-c1c(F)c(P(=O)(c2ccccc2)c2ccccc2)c(F)c(F)c1S3(=O)=O. The van der Waals surface area contributed by atoms with Gasteiger partial charge in [0, 0.05) is 21.2 Å². The molecule has 1 aromatic heterocycles. The highest BCUT2D eigenvalue weighted by atomic mass is 32.2. The first kappa shape index (κ1) is 37.9. The van der Waals surface area contributed by atoms with Crippen LogP contribution in [0.5, 0.6) is 0 Å². The molecule has 3 heterocycles. The highest BCUT2D eigenvalue weighted by molar-refractivity contribution is 7.92. The molecule has 0 radical (unpaired) electrons. The van der Waals surface area contributed by atoms with Gasteiger partial charge < -0.3 is 9.13 Å². The van der Waals surface area contributed by atoms with E-state index in [-0.39, 0.29) is 21.2 Å². The maximum atomic E-state index is 17.1. The number of rotatable bonds is 6. The van der Waals surface area contributed by atoms with E-state index in [0.29, 0.717) is 0 Å². The Kier molecular flexibility index (Phi) is 8.44. The highest BCUT2D eigenvalue weighted by Gasteiger charge is 2.52. The molecular formula is C40H20F6N2O6P2S2. The number of hydrogen-bond acceptors (Lipinski definition) is 8. The van der Waals surface area contributed by atoms with Crippen molar-refractivity contribution in [1.82, 2.24) is 9.97 Å². The molecule has 0 unspecified atom stereocenters. The van der Waals surface area contributed by atoms with Gasteiger partial charge in [-0.25, -0.2) is 53.1 Å². The van der Waals surface area contributed by atoms with Crippen LogP contribution in [0.2, 0.25) is 0 Å². The third kappa shape index (κ3) is 4.89. The van der Waals surface area contributed by atoms with Gasteiger partial charge >= 0.3 is 0 Å². The van der Waals surface area contributed by atoms with Crippen LogP contribution in [0.25, 0.3) is 22.5 Å². The number of nitrogens with zero attached hydrogens (tertiary/aromatic N) is 2. The molecule has 7 aromatic rings. The standard InChI is InChI=1S/C40H20F6N2O6P2S2/c41-27-25-33-39(57(51,52)37(25)31(45)29(43)35(27)55(49,21-13-5-1-6-14-21)22-15-7-2-8-16-22)48-34-26-28(42)36(30(44)32(46)38(26)58(53,54)40(34)47-33)56(50,23-17-9-3-10-18-23)24-19-11-4-12-20-24/h1-20H. The molecule has 6 aromatic carbocycles. The van der Waals surface area contributed by atoms with E-state index in [1.807, 2.05) is 0 Å². The lowest BCUT2D eigenvalue weighted by Gasteiger charge is -2.22. The molecular weight excluding hydrogens is 845 g/mol. The number of halogens is 6. The summed E-state index contributed by atoms with van der Waals surface area (Å²) < 4.78 is 186. The summed E-state index contributed by atoms with van der Waals surface area (Å²) in [6.45, 7) is 0. The van der Waals surface area contributed by atoms with E-state index >= 15 is 35.5 Å². The second-order valence-electron chi connectivity index (χ2n) is 13.1. The monoisotopic (exact) mass is 864 g/mol. The van der Waals surface area contributed by atoms with E-state index in [1.165, 1.54) is 121 Å². The lowest BCUT2D eigenvalue weighted by molar-refractivity contribution is 0.480. The zero-order valence-electron chi connectivity index (χ0n) is 28.9. The fraction of sp³-hybridized carbons (Fsp3) is 0. The molecule has 9 rings (SSSR count). The zero-order chi connectivity index (χ0) is 41.1. The fourth-order valence-electron chi connectivity index (χ4n) is 7.40. The van der Waals surface area contributed by atoms with E-state index in [2.05, 4.69) is 9.97 Å². The van der Waals surface area contributed by atoms with Gasteiger partial charge in [0.15, 0.2) is 47.6 Å². The lowest BCUT2D eigenvalue weighted by atomic mass is 10.1. The molecule has 2 aliphatic rings. The minimum Gasteiger partial charge on any atom is -0.308 e. The summed E-state index contributed by atoms with van der Waals surface area (Å²) in [4.78, 5) is 4.24. The van der Waals surface area contributed by atoms with E-state index in [1.54, 1.807) is 0 Å². The molecule has 18 heteroatoms. The van der Waals surface area contributed by atoms with Crippen molar-refractivity contribution in [2.75, 3.05) is 0 Å². The first-order valence-electron chi connectivity index (χ1n) is 16.9. The van der Waals surface area contributed by atoms with Crippen LogP contribution in [0, 0.1) is 34.9 Å². The number of sulfone groups is 2. The molecule has 0 aliphatic carbocycles. The summed E-state index contributed by atoms with van der Waals surface area (Å²) in [5.74, 6) is -12.5. The minimum absolute atomic E-state index is 0.190. The van der Waals surface area contributed by atoms with Gasteiger partial charge in [0.2, 0.25) is 19.7 Å². The number of aromatic nitrogens is 2. The van der Waals surface area contributed by atoms with Crippen LogP contribution in [0.1, 0.15) is 0 Å². The van der Waals surface area contributed by atoms with Crippen LogP contribution >= 0.6 is 14.3 Å². The predicted molar refractivity (Wildman–Crippen MR) is 202 cm³/mol. The lowest BCUT2D eigenvalue weighted by Crippen LogP contribution is -2.31. The quantitative estimate of drug-likeness (QED) is 0.110. The molecule has 0 spiro atoms. The molecule has 0 N–H and O–H groups in total. The van der Waals surface area contributed by atoms with Crippen molar-refractivity contribution < 1.29 is 52.3 Å². The molecule has 58 heavy (non-hydrogen) atoms. The van der Waals surface area contributed by atoms with Gasteiger partial charge in [-0.15, -0.1) is 0 Å². The average Bonchev–Trinajstić information content (AvgIpc) is 3.62. The van der Waals surface area contributed by atoms with Crippen molar-refractivity contribution in [2.24, 2.45) is 0 Å². The van der Waals surface area contributed by atoms with Crippen molar-refractivity contribution in [3.8, 4) is 22.5 Å². The van der Waals surface area contributed by atoms with E-state index in [9.17, 15) is 16.8 Å². The first-order chi connectivity index (χ1) is 27.6. The van der Waals surface area contributed by atoms with Gasteiger partial charge in [0.1, 0.15) is 32.8 Å². The molecule has 0 saturated heterocycles. The van der Waals surface area contributed by atoms with Crippen molar-refractivity contribution in [3.05, 3.63) is 156 Å². The average molecular weight is 865 g/mol. The zero-order valence-corrected chi connectivity index (χ0v) is 32.3. The molecule has 8 nitrogen and oxygen atoms in total. The summed E-state index contributed by atoms with van der Waals surface area (Å²) in [5, 5.41) is -6.36. The Bertz CT molecular complexity index is 2970. The second kappa shape index (κ2) is 12.9. The summed E-state index contributed by atoms with van der Waals surface area (Å²) in [6, 6.07) is 27.2.